The first-order valence-electron chi connectivity index (χ1n) is 5.92. The van der Waals surface area contributed by atoms with Gasteiger partial charge < -0.3 is 5.73 Å². The number of hydrogen-bond acceptors (Lipinski definition) is 1. The molecule has 1 atom stereocenters. The van der Waals surface area contributed by atoms with Crippen molar-refractivity contribution in [3.63, 3.8) is 0 Å². The highest BCUT2D eigenvalue weighted by molar-refractivity contribution is 5.28. The van der Waals surface area contributed by atoms with Crippen LogP contribution in [0.25, 0.3) is 0 Å². The molecule has 0 fully saturated rings. The monoisotopic (exact) mass is 265 g/mol. The molecule has 2 rings (SSSR count). The van der Waals surface area contributed by atoms with Gasteiger partial charge in [0.25, 0.3) is 0 Å². The molecule has 0 saturated carbocycles. The molecular formula is C15H14F3N. The van der Waals surface area contributed by atoms with E-state index in [-0.39, 0.29) is 5.82 Å². The molecule has 0 aliphatic heterocycles. The molecule has 0 spiro atoms. The first kappa shape index (κ1) is 13.6. The van der Waals surface area contributed by atoms with Crippen LogP contribution in [-0.4, -0.2) is 0 Å². The highest BCUT2D eigenvalue weighted by Gasteiger charge is 2.10. The molecular weight excluding hydrogens is 251 g/mol. The quantitative estimate of drug-likeness (QED) is 0.900. The SMILES string of the molecule is Cc1cc(C(N)Cc2cc(F)cc(F)c2)ccc1F. The van der Waals surface area contributed by atoms with Gasteiger partial charge in [0.05, 0.1) is 0 Å². The Balaban J connectivity index is 2.20. The Labute approximate surface area is 109 Å². The summed E-state index contributed by atoms with van der Waals surface area (Å²) in [6.07, 6.45) is 0.291. The Morgan fingerprint density at radius 3 is 2.21 bits per heavy atom. The minimum atomic E-state index is -0.627. The summed E-state index contributed by atoms with van der Waals surface area (Å²) in [5.41, 5.74) is 7.70. The van der Waals surface area contributed by atoms with Crippen molar-refractivity contribution in [1.82, 2.24) is 0 Å². The van der Waals surface area contributed by atoms with E-state index in [1.165, 1.54) is 18.2 Å². The second-order valence-corrected chi connectivity index (χ2v) is 4.60. The van der Waals surface area contributed by atoms with E-state index in [1.54, 1.807) is 19.1 Å². The molecule has 4 heteroatoms. The van der Waals surface area contributed by atoms with E-state index in [9.17, 15) is 13.2 Å². The summed E-state index contributed by atoms with van der Waals surface area (Å²) in [5, 5.41) is 0. The van der Waals surface area contributed by atoms with Crippen molar-refractivity contribution in [2.24, 2.45) is 5.73 Å². The van der Waals surface area contributed by atoms with Gasteiger partial charge in [0, 0.05) is 12.1 Å². The van der Waals surface area contributed by atoms with Crippen LogP contribution in [0.4, 0.5) is 13.2 Å². The highest BCUT2D eigenvalue weighted by atomic mass is 19.1. The van der Waals surface area contributed by atoms with E-state index in [2.05, 4.69) is 0 Å². The largest absolute Gasteiger partial charge is 0.324 e. The molecule has 0 aliphatic carbocycles. The summed E-state index contributed by atoms with van der Waals surface area (Å²) in [4.78, 5) is 0. The molecule has 0 aliphatic rings. The molecule has 2 aromatic rings. The Morgan fingerprint density at radius 1 is 1.00 bits per heavy atom. The van der Waals surface area contributed by atoms with Crippen LogP contribution in [0, 0.1) is 24.4 Å². The van der Waals surface area contributed by atoms with E-state index in [0.717, 1.165) is 11.6 Å². The fourth-order valence-electron chi connectivity index (χ4n) is 2.00. The van der Waals surface area contributed by atoms with Crippen LogP contribution in [0.15, 0.2) is 36.4 Å². The van der Waals surface area contributed by atoms with Crippen molar-refractivity contribution in [2.45, 2.75) is 19.4 Å². The average Bonchev–Trinajstić information content (AvgIpc) is 2.31. The first-order valence-corrected chi connectivity index (χ1v) is 5.92. The number of hydrogen-bond donors (Lipinski definition) is 1. The van der Waals surface area contributed by atoms with Gasteiger partial charge in [0.15, 0.2) is 0 Å². The van der Waals surface area contributed by atoms with Crippen molar-refractivity contribution in [3.8, 4) is 0 Å². The zero-order chi connectivity index (χ0) is 14.0. The maximum Gasteiger partial charge on any atom is 0.126 e. The van der Waals surface area contributed by atoms with Gasteiger partial charge in [-0.2, -0.15) is 0 Å². The Hall–Kier alpha value is -1.81. The minimum Gasteiger partial charge on any atom is -0.324 e. The van der Waals surface area contributed by atoms with Gasteiger partial charge >= 0.3 is 0 Å². The van der Waals surface area contributed by atoms with Crippen molar-refractivity contribution < 1.29 is 13.2 Å². The molecule has 0 heterocycles. The molecule has 0 aromatic heterocycles. The van der Waals surface area contributed by atoms with Gasteiger partial charge in [-0.3, -0.25) is 0 Å². The van der Waals surface area contributed by atoms with Crippen molar-refractivity contribution >= 4 is 0 Å². The van der Waals surface area contributed by atoms with Crippen molar-refractivity contribution in [2.75, 3.05) is 0 Å². The molecule has 0 radical (unpaired) electrons. The maximum absolute atomic E-state index is 13.2. The van der Waals surface area contributed by atoms with Crippen LogP contribution in [0.3, 0.4) is 0 Å². The highest BCUT2D eigenvalue weighted by Crippen LogP contribution is 2.20. The van der Waals surface area contributed by atoms with Gasteiger partial charge in [-0.15, -0.1) is 0 Å². The van der Waals surface area contributed by atoms with Gasteiger partial charge in [0.2, 0.25) is 0 Å². The summed E-state index contributed by atoms with van der Waals surface area (Å²) in [5.74, 6) is -1.55. The van der Waals surface area contributed by atoms with E-state index >= 15 is 0 Å². The Bertz CT molecular complexity index is 576. The molecule has 2 aromatic carbocycles. The Kier molecular flexibility index (Phi) is 3.90. The standard InChI is InChI=1S/C15H14F3N/c1-9-4-11(2-3-14(9)18)15(19)7-10-5-12(16)8-13(17)6-10/h2-6,8,15H,7,19H2,1H3. The van der Waals surface area contributed by atoms with Crippen LogP contribution in [0.2, 0.25) is 0 Å². The van der Waals surface area contributed by atoms with Crippen molar-refractivity contribution in [1.29, 1.82) is 0 Å². The molecule has 1 nitrogen and oxygen atoms in total. The third kappa shape index (κ3) is 3.35. The van der Waals surface area contributed by atoms with Crippen LogP contribution in [-0.2, 0) is 6.42 Å². The van der Waals surface area contributed by atoms with Crippen LogP contribution in [0.1, 0.15) is 22.7 Å². The topological polar surface area (TPSA) is 26.0 Å². The molecule has 0 saturated heterocycles. The summed E-state index contributed by atoms with van der Waals surface area (Å²) in [6, 6.07) is 7.46. The summed E-state index contributed by atoms with van der Waals surface area (Å²) >= 11 is 0. The van der Waals surface area contributed by atoms with E-state index in [0.29, 0.717) is 17.5 Å². The third-order valence-electron chi connectivity index (χ3n) is 2.99. The molecule has 19 heavy (non-hydrogen) atoms. The van der Waals surface area contributed by atoms with Crippen molar-refractivity contribution in [3.05, 3.63) is 70.5 Å². The van der Waals surface area contributed by atoms with Gasteiger partial charge in [0.1, 0.15) is 17.5 Å². The fourth-order valence-corrected chi connectivity index (χ4v) is 2.00. The van der Waals surface area contributed by atoms with Gasteiger partial charge in [-0.05, 0) is 48.2 Å². The lowest BCUT2D eigenvalue weighted by atomic mass is 9.98. The number of rotatable bonds is 3. The third-order valence-corrected chi connectivity index (χ3v) is 2.99. The fraction of sp³-hybridized carbons (Fsp3) is 0.200. The lowest BCUT2D eigenvalue weighted by Crippen LogP contribution is -2.14. The number of nitrogens with two attached hydrogens (primary N) is 1. The van der Waals surface area contributed by atoms with Gasteiger partial charge in [-0.1, -0.05) is 12.1 Å². The van der Waals surface area contributed by atoms with E-state index in [1.807, 2.05) is 0 Å². The number of benzene rings is 2. The molecule has 0 amide bonds. The van der Waals surface area contributed by atoms with E-state index < -0.39 is 17.7 Å². The number of halogens is 3. The normalized spacial score (nSPS) is 12.5. The van der Waals surface area contributed by atoms with Crippen LogP contribution < -0.4 is 5.73 Å². The lowest BCUT2D eigenvalue weighted by Gasteiger charge is -2.13. The summed E-state index contributed by atoms with van der Waals surface area (Å²) in [7, 11) is 0. The predicted octanol–water partition coefficient (Wildman–Crippen LogP) is 3.65. The maximum atomic E-state index is 13.2. The first-order chi connectivity index (χ1) is 8.95. The molecule has 1 unspecified atom stereocenters. The summed E-state index contributed by atoms with van der Waals surface area (Å²) < 4.78 is 39.3. The molecule has 2 N–H and O–H groups in total. The zero-order valence-corrected chi connectivity index (χ0v) is 10.5. The zero-order valence-electron chi connectivity index (χ0n) is 10.5. The average molecular weight is 265 g/mol. The van der Waals surface area contributed by atoms with Crippen LogP contribution >= 0.6 is 0 Å². The predicted molar refractivity (Wildman–Crippen MR) is 68.1 cm³/mol. The lowest BCUT2D eigenvalue weighted by molar-refractivity contribution is 0.576. The number of aryl methyl sites for hydroxylation is 1. The molecule has 100 valence electrons. The molecule has 0 bridgehead atoms. The Morgan fingerprint density at radius 2 is 1.63 bits per heavy atom. The second-order valence-electron chi connectivity index (χ2n) is 4.60. The van der Waals surface area contributed by atoms with Gasteiger partial charge in [-0.25, -0.2) is 13.2 Å². The second kappa shape index (κ2) is 5.45. The summed E-state index contributed by atoms with van der Waals surface area (Å²) in [6.45, 7) is 1.65. The minimum absolute atomic E-state index is 0.291. The van der Waals surface area contributed by atoms with Crippen LogP contribution in [0.5, 0.6) is 0 Å². The smallest absolute Gasteiger partial charge is 0.126 e. The van der Waals surface area contributed by atoms with E-state index in [4.69, 9.17) is 5.73 Å².